The molecule has 0 saturated heterocycles. The lowest BCUT2D eigenvalue weighted by atomic mass is 10.1. The fraction of sp³-hybridized carbons (Fsp3) is 0.400. The third-order valence-electron chi connectivity index (χ3n) is 1.99. The molecule has 1 N–H and O–H groups in total. The van der Waals surface area contributed by atoms with E-state index in [9.17, 15) is 9.50 Å². The van der Waals surface area contributed by atoms with Gasteiger partial charge in [-0.2, -0.15) is 0 Å². The van der Waals surface area contributed by atoms with Crippen LogP contribution in [0.5, 0.6) is 5.75 Å². The summed E-state index contributed by atoms with van der Waals surface area (Å²) in [5, 5.41) is 9.62. The van der Waals surface area contributed by atoms with E-state index in [0.29, 0.717) is 22.2 Å². The third-order valence-corrected chi connectivity index (χ3v) is 2.58. The topological polar surface area (TPSA) is 29.5 Å². The molecule has 4 heteroatoms. The summed E-state index contributed by atoms with van der Waals surface area (Å²) in [4.78, 5) is 0. The molecule has 1 atom stereocenters. The average molecular weight is 263 g/mol. The highest BCUT2D eigenvalue weighted by atomic mass is 79.9. The van der Waals surface area contributed by atoms with Gasteiger partial charge in [-0.25, -0.2) is 4.39 Å². The number of methoxy groups -OCH3 is 1. The molecule has 0 radical (unpaired) electrons. The Morgan fingerprint density at radius 2 is 2.21 bits per heavy atom. The number of aliphatic hydroxyl groups is 1. The maximum Gasteiger partial charge on any atom is 0.139 e. The van der Waals surface area contributed by atoms with Gasteiger partial charge in [0.05, 0.1) is 17.7 Å². The van der Waals surface area contributed by atoms with Crippen molar-refractivity contribution in [2.24, 2.45) is 0 Å². The van der Waals surface area contributed by atoms with E-state index in [1.807, 2.05) is 6.92 Å². The van der Waals surface area contributed by atoms with Crippen LogP contribution in [0.2, 0.25) is 0 Å². The van der Waals surface area contributed by atoms with Gasteiger partial charge in [0, 0.05) is 5.56 Å². The third kappa shape index (κ3) is 2.25. The molecule has 1 unspecified atom stereocenters. The summed E-state index contributed by atoms with van der Waals surface area (Å²) in [5.41, 5.74) is 0.474. The van der Waals surface area contributed by atoms with Gasteiger partial charge in [0.2, 0.25) is 0 Å². The Kier molecular flexibility index (Phi) is 3.89. The average Bonchev–Trinajstić information content (AvgIpc) is 2.15. The van der Waals surface area contributed by atoms with Gasteiger partial charge in [0.15, 0.2) is 0 Å². The highest BCUT2D eigenvalue weighted by molar-refractivity contribution is 9.10. The molecular formula is C10H12BrFO2. The molecule has 0 spiro atoms. The molecule has 78 valence electrons. The minimum absolute atomic E-state index is 0.389. The molecule has 14 heavy (non-hydrogen) atoms. The summed E-state index contributed by atoms with van der Waals surface area (Å²) in [6.07, 6.45) is -0.177. The number of aliphatic hydroxyl groups excluding tert-OH is 1. The Morgan fingerprint density at radius 1 is 1.57 bits per heavy atom. The predicted molar refractivity (Wildman–Crippen MR) is 55.9 cm³/mol. The largest absolute Gasteiger partial charge is 0.495 e. The molecule has 1 aromatic rings. The van der Waals surface area contributed by atoms with E-state index in [1.165, 1.54) is 19.2 Å². The molecule has 0 aliphatic rings. The van der Waals surface area contributed by atoms with E-state index in [2.05, 4.69) is 15.9 Å². The van der Waals surface area contributed by atoms with E-state index in [4.69, 9.17) is 4.74 Å². The van der Waals surface area contributed by atoms with E-state index < -0.39 is 6.10 Å². The second-order valence-electron chi connectivity index (χ2n) is 2.93. The van der Waals surface area contributed by atoms with Crippen molar-refractivity contribution in [1.82, 2.24) is 0 Å². The van der Waals surface area contributed by atoms with Crippen LogP contribution in [0.15, 0.2) is 16.6 Å². The quantitative estimate of drug-likeness (QED) is 0.908. The molecule has 0 bridgehead atoms. The molecule has 0 heterocycles. The summed E-state index contributed by atoms with van der Waals surface area (Å²) in [5.74, 6) is 0.0981. The molecule has 0 saturated carbocycles. The van der Waals surface area contributed by atoms with Crippen molar-refractivity contribution in [2.75, 3.05) is 7.11 Å². The van der Waals surface area contributed by atoms with Crippen molar-refractivity contribution in [3.8, 4) is 5.75 Å². The van der Waals surface area contributed by atoms with Gasteiger partial charge in [-0.3, -0.25) is 0 Å². The normalized spacial score (nSPS) is 12.6. The maximum atomic E-state index is 13.0. The lowest BCUT2D eigenvalue weighted by molar-refractivity contribution is 0.168. The summed E-state index contributed by atoms with van der Waals surface area (Å²) >= 11 is 3.18. The molecule has 0 amide bonds. The van der Waals surface area contributed by atoms with Crippen LogP contribution in [0.1, 0.15) is 25.0 Å². The lowest BCUT2D eigenvalue weighted by Crippen LogP contribution is -2.00. The van der Waals surface area contributed by atoms with Crippen LogP contribution in [0.25, 0.3) is 0 Å². The first-order valence-corrected chi connectivity index (χ1v) is 5.10. The SMILES string of the molecule is CCC(O)c1cc(F)cc(Br)c1OC. The fourth-order valence-electron chi connectivity index (χ4n) is 1.26. The zero-order valence-corrected chi connectivity index (χ0v) is 9.64. The standard InChI is InChI=1S/C10H12BrFO2/c1-3-9(13)7-4-6(12)5-8(11)10(7)14-2/h4-5,9,13H,3H2,1-2H3. The fourth-order valence-corrected chi connectivity index (χ4v) is 1.87. The highest BCUT2D eigenvalue weighted by Crippen LogP contribution is 2.34. The first-order chi connectivity index (χ1) is 6.60. The van der Waals surface area contributed by atoms with Crippen LogP contribution >= 0.6 is 15.9 Å². The van der Waals surface area contributed by atoms with Gasteiger partial charge in [-0.05, 0) is 34.5 Å². The van der Waals surface area contributed by atoms with Gasteiger partial charge in [0.1, 0.15) is 11.6 Å². The molecule has 0 aliphatic heterocycles. The number of rotatable bonds is 3. The molecule has 0 aliphatic carbocycles. The number of ether oxygens (including phenoxy) is 1. The van der Waals surface area contributed by atoms with Crippen molar-refractivity contribution in [3.05, 3.63) is 28.0 Å². The first-order valence-electron chi connectivity index (χ1n) is 4.31. The monoisotopic (exact) mass is 262 g/mol. The first kappa shape index (κ1) is 11.5. The van der Waals surface area contributed by atoms with Gasteiger partial charge < -0.3 is 9.84 Å². The van der Waals surface area contributed by atoms with Gasteiger partial charge in [-0.15, -0.1) is 0 Å². The Balaban J connectivity index is 3.24. The zero-order chi connectivity index (χ0) is 10.7. The van der Waals surface area contributed by atoms with Gasteiger partial charge in [0.25, 0.3) is 0 Å². The number of hydrogen-bond acceptors (Lipinski definition) is 2. The predicted octanol–water partition coefficient (Wildman–Crippen LogP) is 3.04. The number of halogens is 2. The summed E-state index contributed by atoms with van der Waals surface area (Å²) in [6, 6.07) is 2.60. The summed E-state index contributed by atoms with van der Waals surface area (Å²) in [6.45, 7) is 1.82. The maximum absolute atomic E-state index is 13.0. The summed E-state index contributed by atoms with van der Waals surface area (Å²) < 4.78 is 18.6. The smallest absolute Gasteiger partial charge is 0.139 e. The minimum atomic E-state index is -0.697. The highest BCUT2D eigenvalue weighted by Gasteiger charge is 2.15. The van der Waals surface area contributed by atoms with Crippen molar-refractivity contribution in [1.29, 1.82) is 0 Å². The molecule has 0 aromatic heterocycles. The van der Waals surface area contributed by atoms with Crippen LogP contribution in [-0.4, -0.2) is 12.2 Å². The molecule has 1 aromatic carbocycles. The minimum Gasteiger partial charge on any atom is -0.495 e. The number of hydrogen-bond donors (Lipinski definition) is 1. The zero-order valence-electron chi connectivity index (χ0n) is 8.05. The van der Waals surface area contributed by atoms with Crippen molar-refractivity contribution < 1.29 is 14.2 Å². The van der Waals surface area contributed by atoms with E-state index in [0.717, 1.165) is 0 Å². The molecule has 2 nitrogen and oxygen atoms in total. The Labute approximate surface area is 90.8 Å². The Bertz CT molecular complexity index is 328. The van der Waals surface area contributed by atoms with Crippen LogP contribution in [-0.2, 0) is 0 Å². The van der Waals surface area contributed by atoms with Crippen LogP contribution in [0.4, 0.5) is 4.39 Å². The summed E-state index contributed by atoms with van der Waals surface area (Å²) in [7, 11) is 1.49. The molecule has 0 fully saturated rings. The van der Waals surface area contributed by atoms with Crippen LogP contribution < -0.4 is 4.74 Å². The van der Waals surface area contributed by atoms with Crippen molar-refractivity contribution in [3.63, 3.8) is 0 Å². The van der Waals surface area contributed by atoms with Gasteiger partial charge >= 0.3 is 0 Å². The second-order valence-corrected chi connectivity index (χ2v) is 3.79. The molecule has 1 rings (SSSR count). The number of benzene rings is 1. The molecular weight excluding hydrogens is 251 g/mol. The Hall–Kier alpha value is -0.610. The second kappa shape index (κ2) is 4.75. The van der Waals surface area contributed by atoms with Gasteiger partial charge in [-0.1, -0.05) is 6.92 Å². The van der Waals surface area contributed by atoms with Crippen LogP contribution in [0.3, 0.4) is 0 Å². The van der Waals surface area contributed by atoms with Crippen LogP contribution in [0, 0.1) is 5.82 Å². The van der Waals surface area contributed by atoms with E-state index in [-0.39, 0.29) is 5.82 Å². The van der Waals surface area contributed by atoms with E-state index in [1.54, 1.807) is 0 Å². The van der Waals surface area contributed by atoms with E-state index >= 15 is 0 Å². The lowest BCUT2D eigenvalue weighted by Gasteiger charge is -2.14. The van der Waals surface area contributed by atoms with Crippen molar-refractivity contribution in [2.45, 2.75) is 19.4 Å². The Morgan fingerprint density at radius 3 is 2.71 bits per heavy atom. The van der Waals surface area contributed by atoms with Crippen molar-refractivity contribution >= 4 is 15.9 Å².